The van der Waals surface area contributed by atoms with Crippen LogP contribution in [0.4, 0.5) is 15.0 Å². The molecule has 0 unspecified atom stereocenters. The average molecular weight is 432 g/mol. The summed E-state index contributed by atoms with van der Waals surface area (Å²) in [4.78, 5) is 33.5. The van der Waals surface area contributed by atoms with Gasteiger partial charge in [-0.1, -0.05) is 29.8 Å². The Hall–Kier alpha value is -4.01. The van der Waals surface area contributed by atoms with Gasteiger partial charge in [0, 0.05) is 13.1 Å². The summed E-state index contributed by atoms with van der Waals surface area (Å²) in [5.74, 6) is 0.372. The minimum Gasteiger partial charge on any atom is -0.350 e. The van der Waals surface area contributed by atoms with Crippen molar-refractivity contribution in [2.75, 3.05) is 24.5 Å². The first-order valence-electron chi connectivity index (χ1n) is 10.3. The van der Waals surface area contributed by atoms with E-state index in [0.717, 1.165) is 11.3 Å². The molecule has 5 rings (SSSR count). The molecule has 0 fully saturated rings. The zero-order chi connectivity index (χ0) is 22.2. The molecule has 2 aliphatic heterocycles. The lowest BCUT2D eigenvalue weighted by atomic mass is 10.2. The Morgan fingerprint density at radius 3 is 2.78 bits per heavy atom. The van der Waals surface area contributed by atoms with Crippen LogP contribution in [0.15, 0.2) is 59.7 Å². The van der Waals surface area contributed by atoms with Crippen molar-refractivity contribution in [1.29, 1.82) is 0 Å². The molecule has 3 aromatic rings. The van der Waals surface area contributed by atoms with Gasteiger partial charge in [0.15, 0.2) is 5.82 Å². The number of amides is 3. The molecule has 8 nitrogen and oxygen atoms in total. The van der Waals surface area contributed by atoms with Crippen molar-refractivity contribution in [3.8, 4) is 5.69 Å². The molecule has 0 atom stereocenters. The van der Waals surface area contributed by atoms with Crippen molar-refractivity contribution >= 4 is 23.6 Å². The topological polar surface area (TPSA) is 82.8 Å². The molecule has 0 saturated carbocycles. The minimum absolute atomic E-state index is 0.166. The molecule has 2 aromatic carbocycles. The summed E-state index contributed by atoms with van der Waals surface area (Å²) in [6, 6.07) is 13.5. The Labute approximate surface area is 184 Å². The number of fused-ring (bicyclic) bond motifs is 3. The van der Waals surface area contributed by atoms with Gasteiger partial charge >= 0.3 is 6.03 Å². The third-order valence-corrected chi connectivity index (χ3v) is 5.50. The van der Waals surface area contributed by atoms with Crippen LogP contribution < -0.4 is 10.2 Å². The number of hydrogen-bond acceptors (Lipinski definition) is 4. The van der Waals surface area contributed by atoms with E-state index in [4.69, 9.17) is 0 Å². The van der Waals surface area contributed by atoms with Crippen LogP contribution in [-0.2, 0) is 11.3 Å². The zero-order valence-electron chi connectivity index (χ0n) is 17.5. The number of amidine groups is 1. The van der Waals surface area contributed by atoms with Crippen LogP contribution in [0.3, 0.4) is 0 Å². The molecule has 0 saturated heterocycles. The van der Waals surface area contributed by atoms with Gasteiger partial charge in [-0.05, 0) is 36.8 Å². The predicted octanol–water partition coefficient (Wildman–Crippen LogP) is 2.64. The van der Waals surface area contributed by atoms with E-state index in [-0.39, 0.29) is 30.8 Å². The van der Waals surface area contributed by atoms with E-state index in [9.17, 15) is 14.0 Å². The van der Waals surface area contributed by atoms with Gasteiger partial charge in [-0.3, -0.25) is 19.6 Å². The van der Waals surface area contributed by atoms with Gasteiger partial charge in [0.1, 0.15) is 18.2 Å². The van der Waals surface area contributed by atoms with Crippen LogP contribution in [0.1, 0.15) is 16.7 Å². The number of hydrogen-bond donors (Lipinski definition) is 1. The summed E-state index contributed by atoms with van der Waals surface area (Å²) in [5.41, 5.74) is 3.23. The van der Waals surface area contributed by atoms with Crippen molar-refractivity contribution in [2.45, 2.75) is 13.5 Å². The number of aliphatic imine (C=N–C) groups is 1. The van der Waals surface area contributed by atoms with Gasteiger partial charge in [-0.2, -0.15) is 5.10 Å². The van der Waals surface area contributed by atoms with Gasteiger partial charge in [0.2, 0.25) is 5.91 Å². The van der Waals surface area contributed by atoms with Gasteiger partial charge in [0.25, 0.3) is 0 Å². The Kier molecular flexibility index (Phi) is 4.93. The number of aryl methyl sites for hydroxylation is 1. The lowest BCUT2D eigenvalue weighted by Gasteiger charge is -2.33. The fourth-order valence-corrected chi connectivity index (χ4v) is 3.92. The summed E-state index contributed by atoms with van der Waals surface area (Å²) in [6.45, 7) is 2.94. The van der Waals surface area contributed by atoms with E-state index >= 15 is 0 Å². The summed E-state index contributed by atoms with van der Waals surface area (Å²) in [7, 11) is 0. The van der Waals surface area contributed by atoms with Crippen LogP contribution in [0.5, 0.6) is 0 Å². The Balaban J connectivity index is 1.45. The Morgan fingerprint density at radius 1 is 1.19 bits per heavy atom. The standard InChI is InChI=1S/C23H21FN6O2/c1-15-5-7-18(8-6-15)30-22-19(13-27-30)21-25-9-10-28(21)23(32)29(22)14-20(31)26-12-16-3-2-4-17(24)11-16/h2-8,11,13H,9-10,12,14H2,1H3,(H,26,31). The largest absolute Gasteiger partial charge is 0.350 e. The maximum atomic E-state index is 13.4. The monoisotopic (exact) mass is 432 g/mol. The fourth-order valence-electron chi connectivity index (χ4n) is 3.92. The highest BCUT2D eigenvalue weighted by Gasteiger charge is 2.41. The number of carbonyl (C=O) groups is 2. The quantitative estimate of drug-likeness (QED) is 0.673. The van der Waals surface area contributed by atoms with E-state index in [2.05, 4.69) is 15.4 Å². The lowest BCUT2D eigenvalue weighted by molar-refractivity contribution is -0.119. The second-order valence-corrected chi connectivity index (χ2v) is 7.76. The van der Waals surface area contributed by atoms with E-state index in [1.54, 1.807) is 27.9 Å². The van der Waals surface area contributed by atoms with Crippen molar-refractivity contribution in [1.82, 2.24) is 20.0 Å². The van der Waals surface area contributed by atoms with Crippen LogP contribution in [0.2, 0.25) is 0 Å². The molecule has 0 spiro atoms. The fraction of sp³-hybridized carbons (Fsp3) is 0.217. The first-order chi connectivity index (χ1) is 15.5. The minimum atomic E-state index is -0.365. The predicted molar refractivity (Wildman–Crippen MR) is 117 cm³/mol. The molecule has 9 heteroatoms. The molecule has 0 bridgehead atoms. The summed E-state index contributed by atoms with van der Waals surface area (Å²) < 4.78 is 15.1. The number of carbonyl (C=O) groups excluding carboxylic acids is 2. The molecular weight excluding hydrogens is 411 g/mol. The Morgan fingerprint density at radius 2 is 2.00 bits per heavy atom. The van der Waals surface area contributed by atoms with Crippen LogP contribution in [0, 0.1) is 12.7 Å². The molecule has 0 aliphatic carbocycles. The molecule has 32 heavy (non-hydrogen) atoms. The van der Waals surface area contributed by atoms with Crippen molar-refractivity contribution in [3.05, 3.63) is 77.2 Å². The lowest BCUT2D eigenvalue weighted by Crippen LogP contribution is -2.53. The van der Waals surface area contributed by atoms with E-state index in [0.29, 0.717) is 35.9 Å². The highest BCUT2D eigenvalue weighted by molar-refractivity contribution is 6.20. The maximum Gasteiger partial charge on any atom is 0.331 e. The highest BCUT2D eigenvalue weighted by atomic mass is 19.1. The molecule has 1 N–H and O–H groups in total. The van der Waals surface area contributed by atoms with E-state index in [1.807, 2.05) is 31.2 Å². The number of urea groups is 1. The van der Waals surface area contributed by atoms with Gasteiger partial charge in [-0.25, -0.2) is 13.9 Å². The number of anilines is 1. The number of aromatic nitrogens is 2. The zero-order valence-corrected chi connectivity index (χ0v) is 17.5. The number of benzene rings is 2. The van der Waals surface area contributed by atoms with E-state index in [1.165, 1.54) is 17.0 Å². The molecule has 3 amide bonds. The molecular formula is C23H21FN6O2. The smallest absolute Gasteiger partial charge is 0.331 e. The summed E-state index contributed by atoms with van der Waals surface area (Å²) >= 11 is 0. The van der Waals surface area contributed by atoms with Crippen LogP contribution in [-0.4, -0.2) is 52.1 Å². The highest BCUT2D eigenvalue weighted by Crippen LogP contribution is 2.32. The van der Waals surface area contributed by atoms with Gasteiger partial charge in [-0.15, -0.1) is 0 Å². The Bertz CT molecular complexity index is 1230. The van der Waals surface area contributed by atoms with Crippen LogP contribution in [0.25, 0.3) is 5.69 Å². The molecule has 0 radical (unpaired) electrons. The molecule has 162 valence electrons. The van der Waals surface area contributed by atoms with Gasteiger partial charge < -0.3 is 5.32 Å². The average Bonchev–Trinajstić information content (AvgIpc) is 3.43. The summed E-state index contributed by atoms with van der Waals surface area (Å²) in [6.07, 6.45) is 1.68. The maximum absolute atomic E-state index is 13.4. The number of halogens is 1. The van der Waals surface area contributed by atoms with Crippen LogP contribution >= 0.6 is 0 Å². The van der Waals surface area contributed by atoms with Crippen molar-refractivity contribution < 1.29 is 14.0 Å². The third kappa shape index (κ3) is 3.51. The van der Waals surface area contributed by atoms with Gasteiger partial charge in [0.05, 0.1) is 24.0 Å². The second kappa shape index (κ2) is 7.92. The normalized spacial score (nSPS) is 14.8. The first kappa shape index (κ1) is 19.9. The van der Waals surface area contributed by atoms with Crippen molar-refractivity contribution in [3.63, 3.8) is 0 Å². The second-order valence-electron chi connectivity index (χ2n) is 7.76. The molecule has 2 aliphatic rings. The third-order valence-electron chi connectivity index (χ3n) is 5.50. The molecule has 1 aromatic heterocycles. The number of rotatable bonds is 5. The first-order valence-corrected chi connectivity index (χ1v) is 10.3. The molecule has 3 heterocycles. The van der Waals surface area contributed by atoms with Crippen molar-refractivity contribution in [2.24, 2.45) is 4.99 Å². The number of nitrogens with zero attached hydrogens (tertiary/aromatic N) is 5. The summed E-state index contributed by atoms with van der Waals surface area (Å²) in [5, 5.41) is 7.26. The SMILES string of the molecule is Cc1ccc(-n2ncc3c2N(CC(=O)NCc2cccc(F)c2)C(=O)N2CCN=C32)cc1. The van der Waals surface area contributed by atoms with E-state index < -0.39 is 0 Å². The number of nitrogens with one attached hydrogen (secondary N) is 1.